The second-order valence-electron chi connectivity index (χ2n) is 7.76. The van der Waals surface area contributed by atoms with Gasteiger partial charge in [-0.1, -0.05) is 60.1 Å². The van der Waals surface area contributed by atoms with Gasteiger partial charge in [0, 0.05) is 10.6 Å². The molecule has 1 aromatic heterocycles. The van der Waals surface area contributed by atoms with Crippen molar-refractivity contribution in [2.24, 2.45) is 4.99 Å². The van der Waals surface area contributed by atoms with Crippen LogP contribution in [0.25, 0.3) is 11.8 Å². The van der Waals surface area contributed by atoms with Crippen molar-refractivity contribution in [2.75, 3.05) is 4.90 Å². The molecule has 5 heteroatoms. The van der Waals surface area contributed by atoms with Gasteiger partial charge in [-0.05, 0) is 60.5 Å². The number of amidine groups is 1. The van der Waals surface area contributed by atoms with E-state index in [0.717, 1.165) is 44.9 Å². The van der Waals surface area contributed by atoms with Crippen LogP contribution in [-0.4, -0.2) is 15.6 Å². The first-order valence-electron chi connectivity index (χ1n) is 10.3. The standard InChI is InChI=1S/C26H19ClN4/c1-17-24-25(19-11-14-20(27)15-12-19)30-22-10-6-5-7-18(22)13-16-23(30)28-26(24)31(29-17)21-8-3-2-4-9-21/h2-16,25H,1H3/t25-/m0/s1. The van der Waals surface area contributed by atoms with Gasteiger partial charge in [-0.15, -0.1) is 0 Å². The molecule has 0 radical (unpaired) electrons. The van der Waals surface area contributed by atoms with E-state index in [9.17, 15) is 0 Å². The first kappa shape index (κ1) is 18.2. The molecule has 0 N–H and O–H groups in total. The molecule has 0 amide bonds. The lowest BCUT2D eigenvalue weighted by molar-refractivity contribution is 0.813. The lowest BCUT2D eigenvalue weighted by atomic mass is 9.92. The number of hydrogen-bond acceptors (Lipinski definition) is 3. The minimum absolute atomic E-state index is 0.0525. The van der Waals surface area contributed by atoms with Gasteiger partial charge in [-0.2, -0.15) is 5.10 Å². The van der Waals surface area contributed by atoms with E-state index in [1.54, 1.807) is 0 Å². The Morgan fingerprint density at radius 3 is 2.39 bits per heavy atom. The number of fused-ring (bicyclic) bond motifs is 4. The zero-order valence-electron chi connectivity index (χ0n) is 16.9. The number of anilines is 1. The topological polar surface area (TPSA) is 33.4 Å². The second-order valence-corrected chi connectivity index (χ2v) is 8.19. The lowest BCUT2D eigenvalue weighted by Crippen LogP contribution is -2.38. The summed E-state index contributed by atoms with van der Waals surface area (Å²) in [5.41, 5.74) is 6.55. The van der Waals surface area contributed by atoms with Gasteiger partial charge in [0.25, 0.3) is 0 Å². The maximum atomic E-state index is 6.22. The first-order chi connectivity index (χ1) is 15.2. The third-order valence-corrected chi connectivity index (χ3v) is 6.13. The molecule has 2 aliphatic rings. The van der Waals surface area contributed by atoms with E-state index in [1.165, 1.54) is 5.56 Å². The quantitative estimate of drug-likeness (QED) is 0.369. The van der Waals surface area contributed by atoms with Gasteiger partial charge >= 0.3 is 0 Å². The Kier molecular flexibility index (Phi) is 4.08. The smallest absolute Gasteiger partial charge is 0.163 e. The van der Waals surface area contributed by atoms with Crippen LogP contribution in [0.2, 0.25) is 5.02 Å². The van der Waals surface area contributed by atoms with Crippen molar-refractivity contribution in [1.29, 1.82) is 0 Å². The minimum Gasteiger partial charge on any atom is -0.314 e. The highest BCUT2D eigenvalue weighted by atomic mass is 35.5. The van der Waals surface area contributed by atoms with E-state index in [1.807, 2.05) is 35.0 Å². The fourth-order valence-electron chi connectivity index (χ4n) is 4.48. The van der Waals surface area contributed by atoms with Gasteiger partial charge in [0.2, 0.25) is 0 Å². The Bertz CT molecular complexity index is 1350. The molecular formula is C26H19ClN4. The summed E-state index contributed by atoms with van der Waals surface area (Å²) in [7, 11) is 0. The molecule has 0 saturated heterocycles. The SMILES string of the molecule is Cc1nn(-c2ccccc2)c2c1[C@H](c1ccc(Cl)cc1)N1C(=N2)C=Cc2ccccc21. The van der Waals surface area contributed by atoms with Crippen molar-refractivity contribution < 1.29 is 0 Å². The number of aromatic nitrogens is 2. The Hall–Kier alpha value is -3.63. The molecule has 3 aromatic carbocycles. The molecule has 4 aromatic rings. The molecule has 0 bridgehead atoms. The van der Waals surface area contributed by atoms with Crippen molar-refractivity contribution >= 4 is 35.0 Å². The van der Waals surface area contributed by atoms with Crippen molar-refractivity contribution in [3.63, 3.8) is 0 Å². The predicted octanol–water partition coefficient (Wildman–Crippen LogP) is 6.50. The average molecular weight is 423 g/mol. The number of hydrogen-bond donors (Lipinski definition) is 0. The lowest BCUT2D eigenvalue weighted by Gasteiger charge is -2.39. The molecule has 6 rings (SSSR count). The molecule has 4 nitrogen and oxygen atoms in total. The number of rotatable bonds is 2. The van der Waals surface area contributed by atoms with Crippen LogP contribution in [0.1, 0.15) is 28.4 Å². The van der Waals surface area contributed by atoms with Crippen LogP contribution in [0.4, 0.5) is 11.5 Å². The van der Waals surface area contributed by atoms with E-state index < -0.39 is 0 Å². The third-order valence-electron chi connectivity index (χ3n) is 5.87. The molecule has 3 heterocycles. The summed E-state index contributed by atoms with van der Waals surface area (Å²) in [5, 5.41) is 5.63. The van der Waals surface area contributed by atoms with E-state index in [-0.39, 0.29) is 6.04 Å². The summed E-state index contributed by atoms with van der Waals surface area (Å²) in [5.74, 6) is 1.78. The number of aliphatic imine (C=N–C) groups is 1. The monoisotopic (exact) mass is 422 g/mol. The Morgan fingerprint density at radius 1 is 0.839 bits per heavy atom. The highest BCUT2D eigenvalue weighted by Crippen LogP contribution is 2.46. The molecule has 0 unspecified atom stereocenters. The van der Waals surface area contributed by atoms with Crippen LogP contribution in [0.3, 0.4) is 0 Å². The largest absolute Gasteiger partial charge is 0.314 e. The van der Waals surface area contributed by atoms with Gasteiger partial charge < -0.3 is 4.90 Å². The molecular weight excluding hydrogens is 404 g/mol. The maximum Gasteiger partial charge on any atom is 0.163 e. The molecule has 150 valence electrons. The Labute approximate surface area is 185 Å². The van der Waals surface area contributed by atoms with Crippen LogP contribution < -0.4 is 4.90 Å². The highest BCUT2D eigenvalue weighted by molar-refractivity contribution is 6.30. The highest BCUT2D eigenvalue weighted by Gasteiger charge is 2.37. The van der Waals surface area contributed by atoms with Crippen LogP contribution >= 0.6 is 11.6 Å². The maximum absolute atomic E-state index is 6.22. The summed E-state index contributed by atoms with van der Waals surface area (Å²) < 4.78 is 1.95. The van der Waals surface area contributed by atoms with Crippen molar-refractivity contribution in [1.82, 2.24) is 9.78 Å². The number of para-hydroxylation sites is 2. The van der Waals surface area contributed by atoms with Crippen molar-refractivity contribution in [2.45, 2.75) is 13.0 Å². The molecule has 31 heavy (non-hydrogen) atoms. The molecule has 0 aliphatic carbocycles. The second kappa shape index (κ2) is 6.96. The summed E-state index contributed by atoms with van der Waals surface area (Å²) in [6.45, 7) is 2.06. The number of nitrogens with zero attached hydrogens (tertiary/aromatic N) is 4. The van der Waals surface area contributed by atoms with Gasteiger partial charge in [0.1, 0.15) is 5.84 Å². The summed E-state index contributed by atoms with van der Waals surface area (Å²) in [6.07, 6.45) is 4.22. The average Bonchev–Trinajstić information content (AvgIpc) is 3.15. The van der Waals surface area contributed by atoms with Crippen LogP contribution in [0, 0.1) is 6.92 Å². The summed E-state index contributed by atoms with van der Waals surface area (Å²) in [6, 6.07) is 26.6. The van der Waals surface area contributed by atoms with E-state index in [4.69, 9.17) is 21.7 Å². The normalized spacial score (nSPS) is 16.4. The van der Waals surface area contributed by atoms with Gasteiger partial charge in [0.15, 0.2) is 5.82 Å². The van der Waals surface area contributed by atoms with E-state index >= 15 is 0 Å². The van der Waals surface area contributed by atoms with Crippen LogP contribution in [-0.2, 0) is 0 Å². The third kappa shape index (κ3) is 2.83. The van der Waals surface area contributed by atoms with Gasteiger partial charge in [-0.25, -0.2) is 9.67 Å². The van der Waals surface area contributed by atoms with Crippen LogP contribution in [0.15, 0.2) is 89.9 Å². The van der Waals surface area contributed by atoms with Crippen LogP contribution in [0.5, 0.6) is 0 Å². The van der Waals surface area contributed by atoms with Crippen molar-refractivity contribution in [3.8, 4) is 5.69 Å². The Balaban J connectivity index is 1.64. The number of halogens is 1. The van der Waals surface area contributed by atoms with Crippen molar-refractivity contribution in [3.05, 3.63) is 112 Å². The van der Waals surface area contributed by atoms with Gasteiger partial charge in [0.05, 0.1) is 23.1 Å². The number of benzene rings is 3. The first-order valence-corrected chi connectivity index (χ1v) is 10.6. The molecule has 0 spiro atoms. The zero-order chi connectivity index (χ0) is 20.9. The van der Waals surface area contributed by atoms with Gasteiger partial charge in [-0.3, -0.25) is 0 Å². The summed E-state index contributed by atoms with van der Waals surface area (Å²) >= 11 is 6.22. The van der Waals surface area contributed by atoms with E-state index in [2.05, 4.69) is 72.5 Å². The number of aryl methyl sites for hydroxylation is 1. The Morgan fingerprint density at radius 2 is 1.58 bits per heavy atom. The predicted molar refractivity (Wildman–Crippen MR) is 127 cm³/mol. The zero-order valence-corrected chi connectivity index (χ0v) is 17.7. The molecule has 2 aliphatic heterocycles. The fraction of sp³-hybridized carbons (Fsp3) is 0.0769. The van der Waals surface area contributed by atoms with E-state index in [0.29, 0.717) is 0 Å². The molecule has 0 fully saturated rings. The fourth-order valence-corrected chi connectivity index (χ4v) is 4.61. The minimum atomic E-state index is -0.0525. The molecule has 0 saturated carbocycles. The summed E-state index contributed by atoms with van der Waals surface area (Å²) in [4.78, 5) is 7.40. The molecule has 1 atom stereocenters.